The molecule has 0 saturated carbocycles. The molecule has 0 saturated heterocycles. The van der Waals surface area contributed by atoms with Crippen molar-refractivity contribution in [1.82, 2.24) is 4.98 Å². The van der Waals surface area contributed by atoms with Crippen LogP contribution in [-0.2, 0) is 11.3 Å². The highest BCUT2D eigenvalue weighted by molar-refractivity contribution is 7.15. The molecule has 21 heavy (non-hydrogen) atoms. The summed E-state index contributed by atoms with van der Waals surface area (Å²) in [5.41, 5.74) is 0.447. The zero-order chi connectivity index (χ0) is 15.4. The Morgan fingerprint density at radius 1 is 1.48 bits per heavy atom. The highest BCUT2D eigenvalue weighted by atomic mass is 35.5. The van der Waals surface area contributed by atoms with E-state index >= 15 is 0 Å². The van der Waals surface area contributed by atoms with Gasteiger partial charge in [-0.25, -0.2) is 14.2 Å². The fourth-order valence-corrected chi connectivity index (χ4v) is 2.63. The summed E-state index contributed by atoms with van der Waals surface area (Å²) in [5.74, 6) is -1.25. The Labute approximate surface area is 129 Å². The Kier molecular flexibility index (Phi) is 4.98. The van der Waals surface area contributed by atoms with Gasteiger partial charge in [-0.3, -0.25) is 0 Å². The van der Waals surface area contributed by atoms with Crippen LogP contribution >= 0.6 is 22.9 Å². The number of ether oxygens (including phenoxy) is 2. The summed E-state index contributed by atoms with van der Waals surface area (Å²) in [6.45, 7) is 0.380. The average Bonchev–Trinajstić information content (AvgIpc) is 2.89. The van der Waals surface area contributed by atoms with Crippen LogP contribution in [-0.4, -0.2) is 25.2 Å². The van der Waals surface area contributed by atoms with E-state index < -0.39 is 11.8 Å². The molecule has 0 amide bonds. The molecule has 5 nitrogen and oxygen atoms in total. The van der Waals surface area contributed by atoms with Crippen LogP contribution in [0.25, 0.3) is 0 Å². The first-order chi connectivity index (χ1) is 10.0. The van der Waals surface area contributed by atoms with Crippen LogP contribution < -0.4 is 10.1 Å². The Hall–Kier alpha value is -1.86. The maximum atomic E-state index is 13.9. The van der Waals surface area contributed by atoms with Crippen molar-refractivity contribution >= 4 is 34.6 Å². The molecule has 0 aliphatic rings. The lowest BCUT2D eigenvalue weighted by Gasteiger charge is -2.12. The molecule has 0 atom stereocenters. The van der Waals surface area contributed by atoms with E-state index in [-0.39, 0.29) is 11.3 Å². The number of halogens is 2. The summed E-state index contributed by atoms with van der Waals surface area (Å²) in [6, 6.07) is 2.54. The Morgan fingerprint density at radius 2 is 2.24 bits per heavy atom. The highest BCUT2D eigenvalue weighted by Crippen LogP contribution is 2.30. The van der Waals surface area contributed by atoms with Crippen LogP contribution in [0.1, 0.15) is 15.2 Å². The molecule has 2 aromatic rings. The molecule has 0 unspecified atom stereocenters. The number of nitrogens with zero attached hydrogens (tertiary/aromatic N) is 1. The third-order valence-electron chi connectivity index (χ3n) is 2.65. The number of nitrogens with one attached hydrogen (secondary N) is 1. The smallest absolute Gasteiger partial charge is 0.338 e. The minimum Gasteiger partial charge on any atom is -0.492 e. The van der Waals surface area contributed by atoms with Gasteiger partial charge in [0.1, 0.15) is 0 Å². The van der Waals surface area contributed by atoms with Gasteiger partial charge in [0.15, 0.2) is 16.0 Å². The minimum absolute atomic E-state index is 0.0262. The van der Waals surface area contributed by atoms with E-state index in [4.69, 9.17) is 16.3 Å². The summed E-state index contributed by atoms with van der Waals surface area (Å²) in [6.07, 6.45) is 1.62. The second-order valence-electron chi connectivity index (χ2n) is 3.96. The fraction of sp³-hybridized carbons (Fsp3) is 0.231. The number of thiazole rings is 1. The van der Waals surface area contributed by atoms with Crippen molar-refractivity contribution in [2.75, 3.05) is 19.5 Å². The van der Waals surface area contributed by atoms with Gasteiger partial charge in [0.05, 0.1) is 32.0 Å². The number of carbonyl (C=O) groups excluding carboxylic acids is 1. The van der Waals surface area contributed by atoms with Crippen molar-refractivity contribution < 1.29 is 18.7 Å². The molecule has 0 fully saturated rings. The summed E-state index contributed by atoms with van der Waals surface area (Å²) in [5, 5.41) is 2.99. The van der Waals surface area contributed by atoms with Gasteiger partial charge in [-0.2, -0.15) is 0 Å². The second-order valence-corrected chi connectivity index (χ2v) is 5.66. The largest absolute Gasteiger partial charge is 0.492 e. The molecule has 1 heterocycles. The molecule has 0 spiro atoms. The summed E-state index contributed by atoms with van der Waals surface area (Å²) in [4.78, 5) is 16.3. The van der Waals surface area contributed by atoms with Gasteiger partial charge in [0.2, 0.25) is 0 Å². The topological polar surface area (TPSA) is 60.5 Å². The third kappa shape index (κ3) is 3.62. The van der Waals surface area contributed by atoms with Crippen LogP contribution in [0, 0.1) is 5.82 Å². The lowest BCUT2D eigenvalue weighted by molar-refractivity contribution is 0.0600. The van der Waals surface area contributed by atoms with E-state index in [9.17, 15) is 9.18 Å². The van der Waals surface area contributed by atoms with Gasteiger partial charge >= 0.3 is 5.97 Å². The molecule has 8 heteroatoms. The summed E-state index contributed by atoms with van der Waals surface area (Å²) < 4.78 is 24.0. The molecule has 2 rings (SSSR count). The first kappa shape index (κ1) is 15.5. The number of benzene rings is 1. The molecule has 0 radical (unpaired) electrons. The maximum absolute atomic E-state index is 13.9. The second kappa shape index (κ2) is 6.73. The number of methoxy groups -OCH3 is 2. The number of rotatable bonds is 5. The van der Waals surface area contributed by atoms with Gasteiger partial charge in [-0.05, 0) is 12.1 Å². The zero-order valence-electron chi connectivity index (χ0n) is 11.3. The summed E-state index contributed by atoms with van der Waals surface area (Å²) in [7, 11) is 2.59. The van der Waals surface area contributed by atoms with Crippen LogP contribution in [0.3, 0.4) is 0 Å². The molecule has 112 valence electrons. The van der Waals surface area contributed by atoms with Crippen LogP contribution in [0.15, 0.2) is 18.3 Å². The van der Waals surface area contributed by atoms with Crippen LogP contribution in [0.4, 0.5) is 10.1 Å². The van der Waals surface area contributed by atoms with E-state index in [1.54, 1.807) is 6.20 Å². The normalized spacial score (nSPS) is 10.3. The first-order valence-corrected chi connectivity index (χ1v) is 7.04. The van der Waals surface area contributed by atoms with Crippen LogP contribution in [0.5, 0.6) is 5.75 Å². The van der Waals surface area contributed by atoms with Crippen LogP contribution in [0.2, 0.25) is 4.47 Å². The number of esters is 1. The number of aromatic nitrogens is 1. The Bertz CT molecular complexity index is 663. The fourth-order valence-electron chi connectivity index (χ4n) is 1.72. The third-order valence-corrected chi connectivity index (χ3v) is 3.76. The zero-order valence-corrected chi connectivity index (χ0v) is 12.8. The Balaban J connectivity index is 2.27. The minimum atomic E-state index is -0.648. The highest BCUT2D eigenvalue weighted by Gasteiger charge is 2.16. The van der Waals surface area contributed by atoms with E-state index in [0.29, 0.717) is 16.7 Å². The number of hydrogen-bond donors (Lipinski definition) is 1. The molecule has 1 aromatic heterocycles. The van der Waals surface area contributed by atoms with Crippen molar-refractivity contribution in [3.05, 3.63) is 39.1 Å². The predicted molar refractivity (Wildman–Crippen MR) is 78.7 cm³/mol. The molecular formula is C13H12ClFN2O3S. The van der Waals surface area contributed by atoms with Gasteiger partial charge < -0.3 is 14.8 Å². The van der Waals surface area contributed by atoms with Crippen molar-refractivity contribution in [2.24, 2.45) is 0 Å². The molecular weight excluding hydrogens is 319 g/mol. The van der Waals surface area contributed by atoms with Crippen molar-refractivity contribution in [3.63, 3.8) is 0 Å². The van der Waals surface area contributed by atoms with Gasteiger partial charge in [0, 0.05) is 11.1 Å². The van der Waals surface area contributed by atoms with Gasteiger partial charge in [0.25, 0.3) is 0 Å². The molecule has 1 aromatic carbocycles. The average molecular weight is 331 g/mol. The van der Waals surface area contributed by atoms with E-state index in [2.05, 4.69) is 15.0 Å². The first-order valence-electron chi connectivity index (χ1n) is 5.85. The maximum Gasteiger partial charge on any atom is 0.338 e. The monoisotopic (exact) mass is 330 g/mol. The van der Waals surface area contributed by atoms with Crippen molar-refractivity contribution in [1.29, 1.82) is 0 Å². The van der Waals surface area contributed by atoms with E-state index in [1.807, 2.05) is 0 Å². The molecule has 0 aliphatic carbocycles. The van der Waals surface area contributed by atoms with E-state index in [0.717, 1.165) is 10.9 Å². The number of hydrogen-bond acceptors (Lipinski definition) is 6. The van der Waals surface area contributed by atoms with Crippen molar-refractivity contribution in [3.8, 4) is 5.75 Å². The van der Waals surface area contributed by atoms with E-state index in [1.165, 1.54) is 31.6 Å². The number of carbonyl (C=O) groups is 1. The summed E-state index contributed by atoms with van der Waals surface area (Å²) >= 11 is 7.05. The predicted octanol–water partition coefficient (Wildman–Crippen LogP) is 3.34. The standard InChI is InChI=1S/C13H12ClFN2O3S/c1-19-11-9(15)3-7(12(18)20-2)4-10(11)16-5-8-6-17-13(14)21-8/h3-4,6,16H,5H2,1-2H3. The number of anilines is 1. The molecule has 0 bridgehead atoms. The Morgan fingerprint density at radius 3 is 2.81 bits per heavy atom. The molecule has 0 aliphatic heterocycles. The van der Waals surface area contributed by atoms with Gasteiger partial charge in [-0.1, -0.05) is 11.6 Å². The SMILES string of the molecule is COC(=O)c1cc(F)c(OC)c(NCc2cnc(Cl)s2)c1. The van der Waals surface area contributed by atoms with Gasteiger partial charge in [-0.15, -0.1) is 11.3 Å². The molecule has 1 N–H and O–H groups in total. The lowest BCUT2D eigenvalue weighted by atomic mass is 10.1. The quantitative estimate of drug-likeness (QED) is 0.852. The van der Waals surface area contributed by atoms with Crippen molar-refractivity contribution in [2.45, 2.75) is 6.54 Å². The lowest BCUT2D eigenvalue weighted by Crippen LogP contribution is -2.07.